The van der Waals surface area contributed by atoms with Crippen LogP contribution >= 0.6 is 24.8 Å². The maximum Gasteiger partial charge on any atom is 0.248 e. The van der Waals surface area contributed by atoms with Crippen molar-refractivity contribution in [2.75, 3.05) is 26.2 Å². The monoisotopic (exact) mass is 392 g/mol. The molecule has 1 aliphatic heterocycles. The van der Waals surface area contributed by atoms with Crippen molar-refractivity contribution < 1.29 is 4.52 Å². The molecule has 0 aliphatic carbocycles. The second-order valence-corrected chi connectivity index (χ2v) is 5.92. The molecule has 5 nitrogen and oxygen atoms in total. The highest BCUT2D eigenvalue weighted by atomic mass is 35.5. The van der Waals surface area contributed by atoms with E-state index in [1.807, 2.05) is 36.4 Å². The van der Waals surface area contributed by atoms with Crippen LogP contribution in [0.25, 0.3) is 11.4 Å². The molecule has 1 atom stereocenters. The Morgan fingerprint density at radius 3 is 2.15 bits per heavy atom. The van der Waals surface area contributed by atoms with Crippen LogP contribution in [0.2, 0.25) is 0 Å². The van der Waals surface area contributed by atoms with E-state index in [4.69, 9.17) is 9.51 Å². The lowest BCUT2D eigenvalue weighted by atomic mass is 10.0. The summed E-state index contributed by atoms with van der Waals surface area (Å²) in [6, 6.07) is 20.3. The molecule has 1 N–H and O–H groups in total. The van der Waals surface area contributed by atoms with Gasteiger partial charge in [-0.2, -0.15) is 4.98 Å². The SMILES string of the molecule is Cl.Cl.c1ccc(-c2noc(C(c3ccccc3)N3CCNCC3)n2)cc1. The van der Waals surface area contributed by atoms with Crippen molar-refractivity contribution in [2.24, 2.45) is 0 Å². The van der Waals surface area contributed by atoms with Gasteiger partial charge in [0.15, 0.2) is 0 Å². The number of rotatable bonds is 4. The first-order valence-electron chi connectivity index (χ1n) is 8.30. The Balaban J connectivity index is 0.00000121. The molecule has 1 saturated heterocycles. The predicted molar refractivity (Wildman–Crippen MR) is 107 cm³/mol. The van der Waals surface area contributed by atoms with Crippen LogP contribution < -0.4 is 5.32 Å². The van der Waals surface area contributed by atoms with Gasteiger partial charge in [-0.05, 0) is 5.56 Å². The van der Waals surface area contributed by atoms with Crippen molar-refractivity contribution >= 4 is 24.8 Å². The fraction of sp³-hybridized carbons (Fsp3) is 0.263. The molecule has 0 radical (unpaired) electrons. The zero-order chi connectivity index (χ0) is 16.2. The lowest BCUT2D eigenvalue weighted by Gasteiger charge is -2.33. The number of nitrogens with zero attached hydrogens (tertiary/aromatic N) is 3. The molecule has 7 heteroatoms. The molecule has 3 aromatic rings. The first-order valence-corrected chi connectivity index (χ1v) is 8.30. The van der Waals surface area contributed by atoms with Gasteiger partial charge >= 0.3 is 0 Å². The molecule has 1 unspecified atom stereocenters. The van der Waals surface area contributed by atoms with Gasteiger partial charge in [-0.15, -0.1) is 24.8 Å². The van der Waals surface area contributed by atoms with E-state index in [-0.39, 0.29) is 30.9 Å². The molecule has 0 amide bonds. The number of benzene rings is 2. The third-order valence-corrected chi connectivity index (χ3v) is 4.34. The lowest BCUT2D eigenvalue weighted by Crippen LogP contribution is -2.45. The molecule has 2 aromatic carbocycles. The Morgan fingerprint density at radius 2 is 1.50 bits per heavy atom. The Labute approximate surface area is 165 Å². The molecule has 138 valence electrons. The Bertz CT molecular complexity index is 777. The highest BCUT2D eigenvalue weighted by Gasteiger charge is 2.28. The number of aromatic nitrogens is 2. The van der Waals surface area contributed by atoms with E-state index in [1.165, 1.54) is 5.56 Å². The van der Waals surface area contributed by atoms with Crippen molar-refractivity contribution in [3.63, 3.8) is 0 Å². The number of piperazine rings is 1. The molecule has 0 saturated carbocycles. The fourth-order valence-corrected chi connectivity index (χ4v) is 3.14. The minimum atomic E-state index is -0.00161. The number of hydrogen-bond donors (Lipinski definition) is 1. The van der Waals surface area contributed by atoms with Crippen LogP contribution in [-0.4, -0.2) is 41.2 Å². The smallest absolute Gasteiger partial charge is 0.248 e. The van der Waals surface area contributed by atoms with Gasteiger partial charge in [-0.25, -0.2) is 0 Å². The normalized spacial score (nSPS) is 15.5. The summed E-state index contributed by atoms with van der Waals surface area (Å²) >= 11 is 0. The minimum absolute atomic E-state index is 0. The summed E-state index contributed by atoms with van der Waals surface area (Å²) < 4.78 is 5.67. The summed E-state index contributed by atoms with van der Waals surface area (Å²) in [4.78, 5) is 7.09. The van der Waals surface area contributed by atoms with Crippen molar-refractivity contribution in [2.45, 2.75) is 6.04 Å². The summed E-state index contributed by atoms with van der Waals surface area (Å²) in [5.74, 6) is 1.30. The molecule has 0 spiro atoms. The van der Waals surface area contributed by atoms with E-state index >= 15 is 0 Å². The van der Waals surface area contributed by atoms with E-state index < -0.39 is 0 Å². The molecular formula is C19H22Cl2N4O. The van der Waals surface area contributed by atoms with E-state index in [0.29, 0.717) is 11.7 Å². The Kier molecular flexibility index (Phi) is 7.60. The summed E-state index contributed by atoms with van der Waals surface area (Å²) in [7, 11) is 0. The van der Waals surface area contributed by atoms with Gasteiger partial charge in [0.2, 0.25) is 11.7 Å². The topological polar surface area (TPSA) is 54.2 Å². The molecular weight excluding hydrogens is 371 g/mol. The van der Waals surface area contributed by atoms with Crippen LogP contribution in [0.4, 0.5) is 0 Å². The first kappa shape index (κ1) is 20.4. The second kappa shape index (κ2) is 9.69. The number of nitrogens with one attached hydrogen (secondary N) is 1. The van der Waals surface area contributed by atoms with Crippen molar-refractivity contribution in [1.82, 2.24) is 20.4 Å². The maximum absolute atomic E-state index is 5.67. The molecule has 26 heavy (non-hydrogen) atoms. The maximum atomic E-state index is 5.67. The van der Waals surface area contributed by atoms with Gasteiger partial charge in [0, 0.05) is 31.7 Å². The zero-order valence-electron chi connectivity index (χ0n) is 14.2. The fourth-order valence-electron chi connectivity index (χ4n) is 3.14. The average molecular weight is 393 g/mol. The largest absolute Gasteiger partial charge is 0.337 e. The molecule has 2 heterocycles. The Morgan fingerprint density at radius 1 is 0.885 bits per heavy atom. The first-order chi connectivity index (χ1) is 11.9. The summed E-state index contributed by atoms with van der Waals surface area (Å²) in [6.07, 6.45) is 0. The van der Waals surface area contributed by atoms with Crippen molar-refractivity contribution in [3.8, 4) is 11.4 Å². The van der Waals surface area contributed by atoms with Gasteiger partial charge in [0.05, 0.1) is 0 Å². The molecule has 4 rings (SSSR count). The predicted octanol–water partition coefficient (Wildman–Crippen LogP) is 3.57. The van der Waals surface area contributed by atoms with Gasteiger partial charge in [-0.3, -0.25) is 4.90 Å². The van der Waals surface area contributed by atoms with Crippen molar-refractivity contribution in [1.29, 1.82) is 0 Å². The highest BCUT2D eigenvalue weighted by Crippen LogP contribution is 2.29. The van der Waals surface area contributed by atoms with E-state index in [0.717, 1.165) is 31.7 Å². The highest BCUT2D eigenvalue weighted by molar-refractivity contribution is 5.85. The van der Waals surface area contributed by atoms with Gasteiger partial charge in [0.1, 0.15) is 6.04 Å². The van der Waals surface area contributed by atoms with Crippen LogP contribution in [0.5, 0.6) is 0 Å². The number of halogens is 2. The van der Waals surface area contributed by atoms with Gasteiger partial charge in [-0.1, -0.05) is 65.8 Å². The van der Waals surface area contributed by atoms with Crippen LogP contribution in [0.15, 0.2) is 65.2 Å². The Hall–Kier alpha value is -1.92. The van der Waals surface area contributed by atoms with Gasteiger partial charge < -0.3 is 9.84 Å². The van der Waals surface area contributed by atoms with E-state index in [2.05, 4.69) is 39.6 Å². The average Bonchev–Trinajstić information content (AvgIpc) is 3.14. The quantitative estimate of drug-likeness (QED) is 0.735. The molecule has 0 bridgehead atoms. The third kappa shape index (κ3) is 4.43. The van der Waals surface area contributed by atoms with Crippen LogP contribution in [0.1, 0.15) is 17.5 Å². The van der Waals surface area contributed by atoms with Crippen molar-refractivity contribution in [3.05, 3.63) is 72.1 Å². The van der Waals surface area contributed by atoms with Crippen LogP contribution in [0, 0.1) is 0 Å². The second-order valence-electron chi connectivity index (χ2n) is 5.92. The lowest BCUT2D eigenvalue weighted by molar-refractivity contribution is 0.167. The van der Waals surface area contributed by atoms with E-state index in [9.17, 15) is 0 Å². The zero-order valence-corrected chi connectivity index (χ0v) is 15.9. The summed E-state index contributed by atoms with van der Waals surface area (Å²) in [5.41, 5.74) is 2.15. The minimum Gasteiger partial charge on any atom is -0.337 e. The molecule has 1 aromatic heterocycles. The van der Waals surface area contributed by atoms with Gasteiger partial charge in [0.25, 0.3) is 0 Å². The standard InChI is InChI=1S/C19H20N4O.2ClH/c1-3-7-15(8-4-1)17(23-13-11-20-12-14-23)19-21-18(22-24-19)16-9-5-2-6-10-16;;/h1-10,17,20H,11-14H2;2*1H. The molecule has 1 aliphatic rings. The molecule has 1 fully saturated rings. The van der Waals surface area contributed by atoms with Crippen LogP contribution in [0.3, 0.4) is 0 Å². The van der Waals surface area contributed by atoms with E-state index in [1.54, 1.807) is 0 Å². The summed E-state index contributed by atoms with van der Waals surface area (Å²) in [5, 5.41) is 7.59. The number of hydrogen-bond acceptors (Lipinski definition) is 5. The van der Waals surface area contributed by atoms with Crippen LogP contribution in [-0.2, 0) is 0 Å². The summed E-state index contributed by atoms with van der Waals surface area (Å²) in [6.45, 7) is 3.87. The third-order valence-electron chi connectivity index (χ3n) is 4.34.